The van der Waals surface area contributed by atoms with Gasteiger partial charge in [-0.25, -0.2) is 9.97 Å². The van der Waals surface area contributed by atoms with E-state index < -0.39 is 24.2 Å². The Morgan fingerprint density at radius 3 is 1.93 bits per heavy atom. The predicted octanol–water partition coefficient (Wildman–Crippen LogP) is 10.7. The highest BCUT2D eigenvalue weighted by Crippen LogP contribution is 2.40. The van der Waals surface area contributed by atoms with E-state index in [4.69, 9.17) is 20.9 Å². The van der Waals surface area contributed by atoms with Crippen LogP contribution >= 0.6 is 11.3 Å². The van der Waals surface area contributed by atoms with Gasteiger partial charge in [0, 0.05) is 37.2 Å². The zero-order chi connectivity index (χ0) is 36.4. The Labute approximate surface area is 273 Å². The molecule has 0 aliphatic rings. The second-order valence-corrected chi connectivity index (χ2v) is 11.9. The standard InChI is InChI=1S/C40H24N4S/c1-6-16-32(43-33-17-7-2-12-27(33)28-13-3-8-18-34(28)43)26(11-1)25-21-22-37-31(23-25)39-38(45-37)24-41-40(42-39)44-35-19-9-4-14-29(35)30-15-5-10-20-36(30)44/h1-24H/i2D,3D,7D,8D,12D,13D,17D,18D. The average Bonchev–Trinajstić information content (AvgIpc) is 3.85. The number of nitrogens with zero attached hydrogens (tertiary/aromatic N) is 4. The van der Waals surface area contributed by atoms with Crippen molar-refractivity contribution in [2.75, 3.05) is 0 Å². The molecule has 0 saturated carbocycles. The Hall–Kier alpha value is -5.78. The first kappa shape index (κ1) is 18.1. The van der Waals surface area contributed by atoms with Crippen LogP contribution in [-0.4, -0.2) is 19.1 Å². The number of hydrogen-bond acceptors (Lipinski definition) is 3. The van der Waals surface area contributed by atoms with Crippen LogP contribution in [0.25, 0.3) is 86.7 Å². The summed E-state index contributed by atoms with van der Waals surface area (Å²) in [6.45, 7) is 0. The molecule has 10 aromatic rings. The van der Waals surface area contributed by atoms with Crippen molar-refractivity contribution in [1.82, 2.24) is 19.1 Å². The number of benzene rings is 6. The Morgan fingerprint density at radius 2 is 1.20 bits per heavy atom. The maximum atomic E-state index is 8.99. The predicted molar refractivity (Wildman–Crippen MR) is 189 cm³/mol. The largest absolute Gasteiger partial charge is 0.309 e. The highest BCUT2D eigenvalue weighted by atomic mass is 32.1. The molecule has 0 saturated heterocycles. The average molecular weight is 601 g/mol. The lowest BCUT2D eigenvalue weighted by molar-refractivity contribution is 1.01. The summed E-state index contributed by atoms with van der Waals surface area (Å²) < 4.78 is 75.1. The van der Waals surface area contributed by atoms with Gasteiger partial charge in [0.2, 0.25) is 5.95 Å². The van der Waals surface area contributed by atoms with E-state index in [-0.39, 0.29) is 46.0 Å². The fourth-order valence-corrected chi connectivity index (χ4v) is 7.54. The van der Waals surface area contributed by atoms with Crippen LogP contribution in [0.5, 0.6) is 0 Å². The zero-order valence-corrected chi connectivity index (χ0v) is 24.3. The number of rotatable bonds is 3. The van der Waals surface area contributed by atoms with Crippen LogP contribution in [0.2, 0.25) is 0 Å². The van der Waals surface area contributed by atoms with Crippen LogP contribution in [0.4, 0.5) is 0 Å². The van der Waals surface area contributed by atoms with Crippen LogP contribution in [0.3, 0.4) is 0 Å². The van der Waals surface area contributed by atoms with Crippen molar-refractivity contribution in [3.63, 3.8) is 0 Å². The number of para-hydroxylation sites is 5. The second kappa shape index (κ2) is 9.36. The summed E-state index contributed by atoms with van der Waals surface area (Å²) in [7, 11) is 0. The van der Waals surface area contributed by atoms with Gasteiger partial charge in [0.05, 0.1) is 55.1 Å². The fraction of sp³-hybridized carbons (Fsp3) is 0. The normalized spacial score (nSPS) is 14.5. The summed E-state index contributed by atoms with van der Waals surface area (Å²) in [6, 6.07) is 26.6. The molecule has 0 bridgehead atoms. The first-order chi connectivity index (χ1) is 25.7. The lowest BCUT2D eigenvalue weighted by Crippen LogP contribution is -2.00. The van der Waals surface area contributed by atoms with E-state index in [9.17, 15) is 0 Å². The first-order valence-electron chi connectivity index (χ1n) is 18.4. The molecule has 0 unspecified atom stereocenters. The molecule has 0 atom stereocenters. The fourth-order valence-electron chi connectivity index (χ4n) is 6.54. The highest BCUT2D eigenvalue weighted by molar-refractivity contribution is 7.25. The van der Waals surface area contributed by atoms with Gasteiger partial charge in [0.25, 0.3) is 0 Å². The third-order valence-corrected chi connectivity index (χ3v) is 9.56. The molecule has 4 aromatic heterocycles. The molecule has 0 aliphatic carbocycles. The minimum absolute atomic E-state index is 0.0429. The van der Waals surface area contributed by atoms with Gasteiger partial charge in [-0.1, -0.05) is 96.9 Å². The van der Waals surface area contributed by atoms with Gasteiger partial charge in [-0.3, -0.25) is 4.57 Å². The van der Waals surface area contributed by atoms with Crippen LogP contribution in [0.1, 0.15) is 11.0 Å². The van der Waals surface area contributed by atoms with E-state index in [2.05, 4.69) is 28.8 Å². The molecule has 0 aliphatic heterocycles. The quantitative estimate of drug-likeness (QED) is 0.202. The van der Waals surface area contributed by atoms with Crippen LogP contribution in [0, 0.1) is 0 Å². The van der Waals surface area contributed by atoms with Crippen molar-refractivity contribution >= 4 is 75.3 Å². The Morgan fingerprint density at radius 1 is 0.556 bits per heavy atom. The molecule has 6 aromatic carbocycles. The molecular weight excluding hydrogens is 569 g/mol. The van der Waals surface area contributed by atoms with Crippen molar-refractivity contribution < 1.29 is 11.0 Å². The van der Waals surface area contributed by atoms with E-state index in [1.807, 2.05) is 60.8 Å². The highest BCUT2D eigenvalue weighted by Gasteiger charge is 2.18. The summed E-state index contributed by atoms with van der Waals surface area (Å²) in [5.74, 6) is 0.550. The van der Waals surface area contributed by atoms with Gasteiger partial charge in [0.15, 0.2) is 0 Å². The van der Waals surface area contributed by atoms with Crippen LogP contribution in [-0.2, 0) is 0 Å². The van der Waals surface area contributed by atoms with E-state index in [0.29, 0.717) is 17.2 Å². The smallest absolute Gasteiger partial charge is 0.235 e. The topological polar surface area (TPSA) is 35.6 Å². The molecule has 210 valence electrons. The lowest BCUT2D eigenvalue weighted by atomic mass is 10.0. The van der Waals surface area contributed by atoms with E-state index in [0.717, 1.165) is 47.7 Å². The Kier molecular flexibility index (Phi) is 3.77. The van der Waals surface area contributed by atoms with E-state index >= 15 is 0 Å². The molecular formula is C40H24N4S. The summed E-state index contributed by atoms with van der Waals surface area (Å²) >= 11 is 1.59. The van der Waals surface area contributed by atoms with Crippen molar-refractivity contribution in [3.8, 4) is 22.8 Å². The molecule has 10 rings (SSSR count). The molecule has 4 heterocycles. The number of hydrogen-bond donors (Lipinski definition) is 0. The molecule has 45 heavy (non-hydrogen) atoms. The van der Waals surface area contributed by atoms with Crippen LogP contribution in [0.15, 0.2) is 146 Å². The van der Waals surface area contributed by atoms with Crippen LogP contribution < -0.4 is 0 Å². The summed E-state index contributed by atoms with van der Waals surface area (Å²) in [5, 5.41) is 3.22. The van der Waals surface area contributed by atoms with Crippen molar-refractivity contribution in [2.45, 2.75) is 0 Å². The maximum Gasteiger partial charge on any atom is 0.235 e. The maximum absolute atomic E-state index is 8.99. The third-order valence-electron chi connectivity index (χ3n) is 8.47. The van der Waals surface area contributed by atoms with Crippen molar-refractivity contribution in [3.05, 3.63) is 146 Å². The van der Waals surface area contributed by atoms with Gasteiger partial charge >= 0.3 is 0 Å². The molecule has 4 nitrogen and oxygen atoms in total. The van der Waals surface area contributed by atoms with Crippen molar-refractivity contribution in [2.24, 2.45) is 0 Å². The number of aromatic nitrogens is 4. The molecule has 0 N–H and O–H groups in total. The first-order valence-corrected chi connectivity index (χ1v) is 15.3. The molecule has 0 spiro atoms. The molecule has 0 fully saturated rings. The van der Waals surface area contributed by atoms with Gasteiger partial charge in [-0.2, -0.15) is 0 Å². The van der Waals surface area contributed by atoms with Gasteiger partial charge in [-0.05, 0) is 48.0 Å². The minimum Gasteiger partial charge on any atom is -0.309 e. The SMILES string of the molecule is [2H]c1c([2H])c([2H])c2c(c1[2H])c1c([2H])c([2H])c([2H])c([2H])c1n2-c1ccccc1-c1ccc2sc3cnc(-n4c5ccccc5c5ccccc54)nc3c2c1. The molecule has 0 radical (unpaired) electrons. The van der Waals surface area contributed by atoms with Gasteiger partial charge < -0.3 is 4.57 Å². The van der Waals surface area contributed by atoms with E-state index in [1.54, 1.807) is 28.0 Å². The molecule has 5 heteroatoms. The zero-order valence-electron chi connectivity index (χ0n) is 31.4. The lowest BCUT2D eigenvalue weighted by Gasteiger charge is -2.14. The van der Waals surface area contributed by atoms with Crippen molar-refractivity contribution in [1.29, 1.82) is 0 Å². The third kappa shape index (κ3) is 3.53. The number of fused-ring (bicyclic) bond motifs is 9. The van der Waals surface area contributed by atoms with Gasteiger partial charge in [0.1, 0.15) is 0 Å². The second-order valence-electron chi connectivity index (χ2n) is 10.9. The Bertz CT molecular complexity index is 3110. The molecule has 0 amide bonds. The summed E-state index contributed by atoms with van der Waals surface area (Å²) in [5.41, 5.74) is 4.95. The van der Waals surface area contributed by atoms with Gasteiger partial charge in [-0.15, -0.1) is 11.3 Å². The summed E-state index contributed by atoms with van der Waals surface area (Å²) in [6.07, 6.45) is 1.86. The summed E-state index contributed by atoms with van der Waals surface area (Å²) in [4.78, 5) is 9.99. The minimum atomic E-state index is -0.473. The Balaban J connectivity index is 1.25. The van der Waals surface area contributed by atoms with E-state index in [1.165, 1.54) is 0 Å². The number of thiophene rings is 1. The monoisotopic (exact) mass is 600 g/mol.